The molecule has 3 aromatic rings. The van der Waals surface area contributed by atoms with Crippen molar-refractivity contribution in [2.75, 3.05) is 5.32 Å². The smallest absolute Gasteiger partial charge is 0.237 e. The molecular weight excluding hydrogens is 433 g/mol. The second kappa shape index (κ2) is 8.62. The zero-order valence-corrected chi connectivity index (χ0v) is 17.1. The number of rotatable bonds is 6. The molecule has 1 unspecified atom stereocenters. The van der Waals surface area contributed by atoms with Gasteiger partial charge in [-0.1, -0.05) is 27.7 Å². The number of thioether (sulfide) groups is 1. The lowest BCUT2D eigenvalue weighted by Gasteiger charge is -2.13. The van der Waals surface area contributed by atoms with Gasteiger partial charge in [0.05, 0.1) is 10.9 Å². The number of benzene rings is 1. The quantitative estimate of drug-likeness (QED) is 0.565. The number of nitrogens with one attached hydrogen (secondary N) is 1. The Balaban J connectivity index is 1.75. The van der Waals surface area contributed by atoms with Crippen molar-refractivity contribution in [3.63, 3.8) is 0 Å². The Morgan fingerprint density at radius 2 is 2.04 bits per heavy atom. The first-order chi connectivity index (χ1) is 13.0. The summed E-state index contributed by atoms with van der Waals surface area (Å²) in [6, 6.07) is 8.21. The van der Waals surface area contributed by atoms with Gasteiger partial charge in [-0.2, -0.15) is 0 Å². The second-order valence-electron chi connectivity index (χ2n) is 5.66. The van der Waals surface area contributed by atoms with Crippen molar-refractivity contribution in [1.82, 2.24) is 19.7 Å². The molecule has 3 rings (SSSR count). The van der Waals surface area contributed by atoms with E-state index in [0.717, 1.165) is 5.56 Å². The predicted molar refractivity (Wildman–Crippen MR) is 107 cm³/mol. The largest absolute Gasteiger partial charge is 0.323 e. The SMILES string of the molecule is CCn1c(SC(C)C(=O)Nc2ccc(Br)cc2F)nnc1-c1ccncc1. The molecule has 1 aromatic carbocycles. The van der Waals surface area contributed by atoms with E-state index in [1.165, 1.54) is 23.9 Å². The summed E-state index contributed by atoms with van der Waals surface area (Å²) in [6.07, 6.45) is 3.39. The monoisotopic (exact) mass is 449 g/mol. The highest BCUT2D eigenvalue weighted by atomic mass is 79.9. The molecular formula is C18H17BrFN5OS. The maximum absolute atomic E-state index is 13.9. The molecule has 0 saturated heterocycles. The van der Waals surface area contributed by atoms with Crippen LogP contribution in [0.3, 0.4) is 0 Å². The fourth-order valence-electron chi connectivity index (χ4n) is 2.41. The predicted octanol–water partition coefficient (Wildman–Crippen LogP) is 4.38. The standard InChI is InChI=1S/C18H17BrFN5OS/c1-3-25-16(12-6-8-21-9-7-12)23-24-18(25)27-11(2)17(26)22-15-5-4-13(19)10-14(15)20/h4-11H,3H2,1-2H3,(H,22,26). The van der Waals surface area contributed by atoms with Crippen molar-refractivity contribution in [2.24, 2.45) is 0 Å². The van der Waals surface area contributed by atoms with Crippen LogP contribution >= 0.6 is 27.7 Å². The van der Waals surface area contributed by atoms with Crippen LogP contribution in [0.25, 0.3) is 11.4 Å². The molecule has 0 aliphatic carbocycles. The summed E-state index contributed by atoms with van der Waals surface area (Å²) < 4.78 is 16.5. The lowest BCUT2D eigenvalue weighted by molar-refractivity contribution is -0.115. The fourth-order valence-corrected chi connectivity index (χ4v) is 3.66. The summed E-state index contributed by atoms with van der Waals surface area (Å²) in [7, 11) is 0. The average molecular weight is 450 g/mol. The number of carbonyl (C=O) groups is 1. The maximum atomic E-state index is 13.9. The van der Waals surface area contributed by atoms with E-state index < -0.39 is 11.1 Å². The molecule has 0 radical (unpaired) electrons. The van der Waals surface area contributed by atoms with E-state index >= 15 is 0 Å². The van der Waals surface area contributed by atoms with Crippen LogP contribution in [0.15, 0.2) is 52.4 Å². The summed E-state index contributed by atoms with van der Waals surface area (Å²) in [5, 5.41) is 11.2. The van der Waals surface area contributed by atoms with Gasteiger partial charge in [-0.3, -0.25) is 9.78 Å². The number of hydrogen-bond acceptors (Lipinski definition) is 5. The number of nitrogens with zero attached hydrogens (tertiary/aromatic N) is 4. The van der Waals surface area contributed by atoms with E-state index in [1.54, 1.807) is 25.4 Å². The minimum atomic E-state index is -0.494. The van der Waals surface area contributed by atoms with E-state index in [4.69, 9.17) is 0 Å². The highest BCUT2D eigenvalue weighted by Gasteiger charge is 2.21. The highest BCUT2D eigenvalue weighted by Crippen LogP contribution is 2.27. The van der Waals surface area contributed by atoms with Gasteiger partial charge in [0, 0.05) is 29.0 Å². The third-order valence-electron chi connectivity index (χ3n) is 3.81. The molecule has 1 amide bonds. The van der Waals surface area contributed by atoms with Crippen molar-refractivity contribution in [3.8, 4) is 11.4 Å². The summed E-state index contributed by atoms with van der Waals surface area (Å²) in [5.74, 6) is -0.0853. The van der Waals surface area contributed by atoms with E-state index in [9.17, 15) is 9.18 Å². The van der Waals surface area contributed by atoms with E-state index in [0.29, 0.717) is 22.0 Å². The molecule has 0 aliphatic heterocycles. The van der Waals surface area contributed by atoms with Gasteiger partial charge in [0.1, 0.15) is 5.82 Å². The Morgan fingerprint density at radius 1 is 1.30 bits per heavy atom. The Morgan fingerprint density at radius 3 is 2.70 bits per heavy atom. The molecule has 6 nitrogen and oxygen atoms in total. The van der Waals surface area contributed by atoms with Crippen LogP contribution in [-0.2, 0) is 11.3 Å². The van der Waals surface area contributed by atoms with Gasteiger partial charge in [0.2, 0.25) is 5.91 Å². The minimum Gasteiger partial charge on any atom is -0.323 e. The van der Waals surface area contributed by atoms with Crippen LogP contribution < -0.4 is 5.32 Å². The van der Waals surface area contributed by atoms with Gasteiger partial charge in [0.15, 0.2) is 11.0 Å². The van der Waals surface area contributed by atoms with Crippen LogP contribution in [0.4, 0.5) is 10.1 Å². The van der Waals surface area contributed by atoms with E-state index in [-0.39, 0.29) is 11.6 Å². The maximum Gasteiger partial charge on any atom is 0.237 e. The minimum absolute atomic E-state index is 0.144. The Bertz CT molecular complexity index is 950. The van der Waals surface area contributed by atoms with Crippen molar-refractivity contribution >= 4 is 39.3 Å². The van der Waals surface area contributed by atoms with Gasteiger partial charge in [-0.25, -0.2) is 4.39 Å². The molecule has 27 heavy (non-hydrogen) atoms. The van der Waals surface area contributed by atoms with Crippen LogP contribution in [-0.4, -0.2) is 30.9 Å². The second-order valence-corrected chi connectivity index (χ2v) is 7.88. The van der Waals surface area contributed by atoms with Gasteiger partial charge in [-0.15, -0.1) is 10.2 Å². The normalized spacial score (nSPS) is 12.0. The van der Waals surface area contributed by atoms with E-state index in [2.05, 4.69) is 36.4 Å². The van der Waals surface area contributed by atoms with Crippen molar-refractivity contribution < 1.29 is 9.18 Å². The summed E-state index contributed by atoms with van der Waals surface area (Å²) in [5.41, 5.74) is 1.05. The summed E-state index contributed by atoms with van der Waals surface area (Å²) in [6.45, 7) is 4.39. The van der Waals surface area contributed by atoms with Crippen LogP contribution in [0.1, 0.15) is 13.8 Å². The summed E-state index contributed by atoms with van der Waals surface area (Å²) >= 11 is 4.47. The highest BCUT2D eigenvalue weighted by molar-refractivity contribution is 9.10. The van der Waals surface area contributed by atoms with Crippen LogP contribution in [0.2, 0.25) is 0 Å². The van der Waals surface area contributed by atoms with Crippen molar-refractivity contribution in [2.45, 2.75) is 30.8 Å². The van der Waals surface area contributed by atoms with Crippen LogP contribution in [0, 0.1) is 5.82 Å². The van der Waals surface area contributed by atoms with Crippen molar-refractivity contribution in [1.29, 1.82) is 0 Å². The Hall–Kier alpha value is -2.26. The molecule has 2 aromatic heterocycles. The first-order valence-corrected chi connectivity index (χ1v) is 9.93. The van der Waals surface area contributed by atoms with Gasteiger partial charge >= 0.3 is 0 Å². The van der Waals surface area contributed by atoms with Gasteiger partial charge in [0.25, 0.3) is 0 Å². The number of anilines is 1. The first kappa shape index (κ1) is 19.5. The number of pyridine rings is 1. The molecule has 2 heterocycles. The molecule has 1 N–H and O–H groups in total. The Labute approximate surface area is 168 Å². The van der Waals surface area contributed by atoms with E-state index in [1.807, 2.05) is 23.6 Å². The summed E-state index contributed by atoms with van der Waals surface area (Å²) in [4.78, 5) is 16.5. The Kier molecular flexibility index (Phi) is 6.22. The molecule has 0 saturated carbocycles. The lowest BCUT2D eigenvalue weighted by Crippen LogP contribution is -2.23. The van der Waals surface area contributed by atoms with Gasteiger partial charge in [-0.05, 0) is 44.2 Å². The fraction of sp³-hybridized carbons (Fsp3) is 0.222. The molecule has 1 atom stereocenters. The molecule has 140 valence electrons. The average Bonchev–Trinajstić information content (AvgIpc) is 3.07. The zero-order chi connectivity index (χ0) is 19.4. The van der Waals surface area contributed by atoms with Crippen molar-refractivity contribution in [3.05, 3.63) is 53.0 Å². The lowest BCUT2D eigenvalue weighted by atomic mass is 10.2. The third-order valence-corrected chi connectivity index (χ3v) is 5.39. The molecule has 0 bridgehead atoms. The molecule has 0 fully saturated rings. The van der Waals surface area contributed by atoms with Gasteiger partial charge < -0.3 is 9.88 Å². The first-order valence-electron chi connectivity index (χ1n) is 8.25. The third kappa shape index (κ3) is 4.54. The molecule has 9 heteroatoms. The number of hydrogen-bond donors (Lipinski definition) is 1. The number of aromatic nitrogens is 4. The molecule has 0 spiro atoms. The number of halogens is 2. The number of amides is 1. The van der Waals surface area contributed by atoms with Crippen LogP contribution in [0.5, 0.6) is 0 Å². The zero-order valence-electron chi connectivity index (χ0n) is 14.7. The topological polar surface area (TPSA) is 72.7 Å². The molecule has 0 aliphatic rings. The number of carbonyl (C=O) groups excluding carboxylic acids is 1.